The molecule has 0 unspecified atom stereocenters. The van der Waals surface area contributed by atoms with Crippen molar-refractivity contribution in [2.45, 2.75) is 43.5 Å². The molecule has 0 aliphatic heterocycles. The van der Waals surface area contributed by atoms with E-state index in [-0.39, 0.29) is 10.4 Å². The van der Waals surface area contributed by atoms with E-state index >= 15 is 0 Å². The standard InChI is InChI=1S/C10H15BrN2O3S/c1-7-9(8(2)16-12-7)17(14,15)13-10(6-11)4-3-5-10/h13H,3-6H2,1-2H3. The van der Waals surface area contributed by atoms with Gasteiger partial charge in [-0.3, -0.25) is 0 Å². The predicted octanol–water partition coefficient (Wildman–Crippen LogP) is 1.89. The van der Waals surface area contributed by atoms with Crippen molar-refractivity contribution < 1.29 is 12.9 Å². The topological polar surface area (TPSA) is 72.2 Å². The SMILES string of the molecule is Cc1noc(C)c1S(=O)(=O)NC1(CBr)CCC1. The molecule has 7 heteroatoms. The fourth-order valence-corrected chi connectivity index (χ4v) is 4.74. The van der Waals surface area contributed by atoms with E-state index in [0.29, 0.717) is 16.8 Å². The summed E-state index contributed by atoms with van der Waals surface area (Å²) >= 11 is 3.37. The molecule has 0 amide bonds. The van der Waals surface area contributed by atoms with Crippen LogP contribution in [-0.4, -0.2) is 24.4 Å². The smallest absolute Gasteiger partial charge is 0.246 e. The van der Waals surface area contributed by atoms with Crippen LogP contribution in [0.5, 0.6) is 0 Å². The molecule has 0 radical (unpaired) electrons. The molecule has 5 nitrogen and oxygen atoms in total. The summed E-state index contributed by atoms with van der Waals surface area (Å²) < 4.78 is 32.2. The number of aryl methyl sites for hydroxylation is 2. The molecule has 0 spiro atoms. The molecule has 0 saturated heterocycles. The Bertz CT molecular complexity index is 495. The molecule has 1 aromatic heterocycles. The summed E-state index contributed by atoms with van der Waals surface area (Å²) in [6.07, 6.45) is 2.78. The second-order valence-corrected chi connectivity index (χ2v) is 6.71. The molecular formula is C10H15BrN2O3S. The van der Waals surface area contributed by atoms with Gasteiger partial charge in [0.2, 0.25) is 10.0 Å². The van der Waals surface area contributed by atoms with Gasteiger partial charge in [-0.2, -0.15) is 0 Å². The minimum atomic E-state index is -3.55. The number of hydrogen-bond donors (Lipinski definition) is 1. The maximum atomic E-state index is 12.3. The Kier molecular flexibility index (Phi) is 3.35. The summed E-state index contributed by atoms with van der Waals surface area (Å²) in [6.45, 7) is 3.24. The molecule has 17 heavy (non-hydrogen) atoms. The van der Waals surface area contributed by atoms with Crippen molar-refractivity contribution in [3.8, 4) is 0 Å². The number of aromatic nitrogens is 1. The van der Waals surface area contributed by atoms with Gasteiger partial charge in [0.1, 0.15) is 10.6 Å². The summed E-state index contributed by atoms with van der Waals surface area (Å²) in [4.78, 5) is 0.171. The maximum Gasteiger partial charge on any atom is 0.246 e. The molecular weight excluding hydrogens is 308 g/mol. The van der Waals surface area contributed by atoms with E-state index in [0.717, 1.165) is 19.3 Å². The number of hydrogen-bond acceptors (Lipinski definition) is 4. The largest absolute Gasteiger partial charge is 0.360 e. The zero-order valence-electron chi connectivity index (χ0n) is 9.79. The third-order valence-corrected chi connectivity index (χ3v) is 6.05. The fraction of sp³-hybridized carbons (Fsp3) is 0.700. The highest BCUT2D eigenvalue weighted by Gasteiger charge is 2.41. The second kappa shape index (κ2) is 4.37. The molecule has 1 aromatic rings. The second-order valence-electron chi connectivity index (χ2n) is 4.53. The first-order valence-corrected chi connectivity index (χ1v) is 8.03. The van der Waals surface area contributed by atoms with E-state index in [1.54, 1.807) is 13.8 Å². The Morgan fingerprint density at radius 2 is 2.12 bits per heavy atom. The van der Waals surface area contributed by atoms with Gasteiger partial charge >= 0.3 is 0 Å². The van der Waals surface area contributed by atoms with Crippen LogP contribution in [0.15, 0.2) is 9.42 Å². The highest BCUT2D eigenvalue weighted by molar-refractivity contribution is 9.09. The van der Waals surface area contributed by atoms with Crippen molar-refractivity contribution in [2.75, 3.05) is 5.33 Å². The Labute approximate surface area is 109 Å². The van der Waals surface area contributed by atoms with Gasteiger partial charge in [0.05, 0.1) is 0 Å². The number of nitrogens with zero attached hydrogens (tertiary/aromatic N) is 1. The molecule has 0 bridgehead atoms. The lowest BCUT2D eigenvalue weighted by Crippen LogP contribution is -2.54. The van der Waals surface area contributed by atoms with Gasteiger partial charge < -0.3 is 4.52 Å². The van der Waals surface area contributed by atoms with Crippen molar-refractivity contribution >= 4 is 26.0 Å². The van der Waals surface area contributed by atoms with Crippen molar-refractivity contribution in [2.24, 2.45) is 0 Å². The van der Waals surface area contributed by atoms with Crippen molar-refractivity contribution in [3.63, 3.8) is 0 Å². The average molecular weight is 323 g/mol. The molecule has 96 valence electrons. The van der Waals surface area contributed by atoms with Crippen molar-refractivity contribution in [3.05, 3.63) is 11.5 Å². The van der Waals surface area contributed by atoms with Crippen LogP contribution in [-0.2, 0) is 10.0 Å². The lowest BCUT2D eigenvalue weighted by Gasteiger charge is -2.40. The lowest BCUT2D eigenvalue weighted by molar-refractivity contribution is 0.256. The summed E-state index contributed by atoms with van der Waals surface area (Å²) in [5.74, 6) is 0.332. The first kappa shape index (κ1) is 13.0. The van der Waals surface area contributed by atoms with Gasteiger partial charge in [-0.1, -0.05) is 21.1 Å². The average Bonchev–Trinajstić information content (AvgIpc) is 2.53. The van der Waals surface area contributed by atoms with Crippen LogP contribution in [0.4, 0.5) is 0 Å². The first-order valence-electron chi connectivity index (χ1n) is 5.43. The van der Waals surface area contributed by atoms with Crippen molar-refractivity contribution in [1.82, 2.24) is 9.88 Å². The Morgan fingerprint density at radius 3 is 2.47 bits per heavy atom. The van der Waals surface area contributed by atoms with E-state index in [9.17, 15) is 8.42 Å². The fourth-order valence-electron chi connectivity index (χ4n) is 2.06. The Morgan fingerprint density at radius 1 is 1.47 bits per heavy atom. The summed E-state index contributed by atoms with van der Waals surface area (Å²) in [5.41, 5.74) is 0.0636. The third-order valence-electron chi connectivity index (χ3n) is 3.15. The number of halogens is 1. The van der Waals surface area contributed by atoms with E-state index in [4.69, 9.17) is 4.52 Å². The van der Waals surface area contributed by atoms with Crippen LogP contribution in [0.3, 0.4) is 0 Å². The van der Waals surface area contributed by atoms with Crippen LogP contribution in [0, 0.1) is 13.8 Å². The van der Waals surface area contributed by atoms with Crippen molar-refractivity contribution in [1.29, 1.82) is 0 Å². The van der Waals surface area contributed by atoms with E-state index < -0.39 is 10.0 Å². The third kappa shape index (κ3) is 2.28. The zero-order chi connectivity index (χ0) is 12.7. The van der Waals surface area contributed by atoms with E-state index in [1.165, 1.54) is 0 Å². The molecule has 1 aliphatic rings. The van der Waals surface area contributed by atoms with E-state index in [1.807, 2.05) is 0 Å². The molecule has 1 fully saturated rings. The Hall–Kier alpha value is -0.400. The molecule has 0 atom stereocenters. The van der Waals surface area contributed by atoms with E-state index in [2.05, 4.69) is 25.8 Å². The van der Waals surface area contributed by atoms with Gasteiger partial charge in [-0.15, -0.1) is 0 Å². The normalized spacial score (nSPS) is 19.0. The lowest BCUT2D eigenvalue weighted by atomic mass is 9.80. The predicted molar refractivity (Wildman–Crippen MR) is 66.7 cm³/mol. The molecule has 1 aliphatic carbocycles. The van der Waals surface area contributed by atoms with Gasteiger partial charge in [-0.05, 0) is 33.1 Å². The van der Waals surface area contributed by atoms with Crippen LogP contribution in [0.1, 0.15) is 30.7 Å². The maximum absolute atomic E-state index is 12.3. The van der Waals surface area contributed by atoms with Crippen LogP contribution >= 0.6 is 15.9 Å². The zero-order valence-corrected chi connectivity index (χ0v) is 12.2. The molecule has 1 N–H and O–H groups in total. The first-order chi connectivity index (χ1) is 7.90. The summed E-state index contributed by atoms with van der Waals surface area (Å²) in [7, 11) is -3.55. The number of sulfonamides is 1. The Balaban J connectivity index is 2.31. The van der Waals surface area contributed by atoms with Crippen LogP contribution in [0.2, 0.25) is 0 Å². The number of nitrogens with one attached hydrogen (secondary N) is 1. The summed E-state index contributed by atoms with van der Waals surface area (Å²) in [5, 5.41) is 4.30. The molecule has 1 saturated carbocycles. The molecule has 0 aromatic carbocycles. The monoisotopic (exact) mass is 322 g/mol. The molecule has 1 heterocycles. The minimum absolute atomic E-state index is 0.171. The van der Waals surface area contributed by atoms with Gasteiger partial charge in [0.15, 0.2) is 5.76 Å². The highest BCUT2D eigenvalue weighted by atomic mass is 79.9. The minimum Gasteiger partial charge on any atom is -0.360 e. The van der Waals surface area contributed by atoms with Crippen LogP contribution in [0.25, 0.3) is 0 Å². The summed E-state index contributed by atoms with van der Waals surface area (Å²) in [6, 6.07) is 0. The van der Waals surface area contributed by atoms with Gasteiger partial charge in [0, 0.05) is 10.9 Å². The molecule has 2 rings (SSSR count). The highest BCUT2D eigenvalue weighted by Crippen LogP contribution is 2.35. The van der Waals surface area contributed by atoms with Gasteiger partial charge in [-0.25, -0.2) is 13.1 Å². The number of alkyl halides is 1. The quantitative estimate of drug-likeness (QED) is 0.859. The van der Waals surface area contributed by atoms with Crippen LogP contribution < -0.4 is 4.72 Å². The number of rotatable bonds is 4. The van der Waals surface area contributed by atoms with Gasteiger partial charge in [0.25, 0.3) is 0 Å².